The number of carbonyl (C=O) groups is 1. The molecule has 1 unspecified atom stereocenters. The summed E-state index contributed by atoms with van der Waals surface area (Å²) >= 11 is 0. The van der Waals surface area contributed by atoms with Gasteiger partial charge in [-0.05, 0) is 17.7 Å². The van der Waals surface area contributed by atoms with E-state index in [9.17, 15) is 4.79 Å². The van der Waals surface area contributed by atoms with Gasteiger partial charge in [0.1, 0.15) is 0 Å². The van der Waals surface area contributed by atoms with E-state index < -0.39 is 0 Å². The van der Waals surface area contributed by atoms with Crippen molar-refractivity contribution >= 4 is 11.5 Å². The van der Waals surface area contributed by atoms with Gasteiger partial charge >= 0.3 is 0 Å². The van der Waals surface area contributed by atoms with Crippen molar-refractivity contribution in [2.75, 3.05) is 19.0 Å². The second-order valence-electron chi connectivity index (χ2n) is 4.94. The van der Waals surface area contributed by atoms with Crippen molar-refractivity contribution in [2.45, 2.75) is 12.8 Å². The third kappa shape index (κ3) is 3.02. The van der Waals surface area contributed by atoms with E-state index in [2.05, 4.69) is 6.07 Å². The van der Waals surface area contributed by atoms with E-state index in [1.54, 1.807) is 0 Å². The van der Waals surface area contributed by atoms with Crippen molar-refractivity contribution in [3.05, 3.63) is 65.7 Å². The Hall–Kier alpha value is -2.09. The maximum Gasteiger partial charge on any atom is 0.170 e. The van der Waals surface area contributed by atoms with E-state index in [0.717, 1.165) is 16.8 Å². The third-order valence-corrected chi connectivity index (χ3v) is 3.34. The molecule has 0 fully saturated rings. The number of nitrogens with zero attached hydrogens (tertiary/aromatic N) is 1. The Balaban J connectivity index is 2.27. The quantitative estimate of drug-likeness (QED) is 0.774. The molecule has 2 aromatic carbocycles. The number of Topliss-reactive ketones (excluding diaryl/α,β-unsaturated/α-hetero) is 1. The molecule has 2 heteroatoms. The van der Waals surface area contributed by atoms with E-state index in [4.69, 9.17) is 0 Å². The molecule has 0 aliphatic carbocycles. The molecule has 0 spiro atoms. The highest BCUT2D eigenvalue weighted by Gasteiger charge is 2.17. The number of benzene rings is 2. The van der Waals surface area contributed by atoms with Crippen molar-refractivity contribution in [1.82, 2.24) is 0 Å². The SMILES string of the molecule is CC(C(=O)c1ccccc1)c1cccc(N(C)C)c1. The maximum absolute atomic E-state index is 12.4. The van der Waals surface area contributed by atoms with Crippen molar-refractivity contribution in [1.29, 1.82) is 0 Å². The zero-order chi connectivity index (χ0) is 13.8. The lowest BCUT2D eigenvalue weighted by Gasteiger charge is -2.16. The molecular weight excluding hydrogens is 234 g/mol. The van der Waals surface area contributed by atoms with Crippen molar-refractivity contribution in [2.24, 2.45) is 0 Å². The first-order chi connectivity index (χ1) is 9.09. The fourth-order valence-corrected chi connectivity index (χ4v) is 2.08. The second kappa shape index (κ2) is 5.70. The van der Waals surface area contributed by atoms with Crippen LogP contribution in [0.15, 0.2) is 54.6 Å². The zero-order valence-corrected chi connectivity index (χ0v) is 11.6. The fourth-order valence-electron chi connectivity index (χ4n) is 2.08. The second-order valence-corrected chi connectivity index (χ2v) is 4.94. The van der Waals surface area contributed by atoms with Gasteiger partial charge in [0, 0.05) is 31.3 Å². The smallest absolute Gasteiger partial charge is 0.170 e. The Morgan fingerprint density at radius 2 is 1.68 bits per heavy atom. The highest BCUT2D eigenvalue weighted by Crippen LogP contribution is 2.24. The molecule has 0 saturated carbocycles. The van der Waals surface area contributed by atoms with Gasteiger partial charge in [0.25, 0.3) is 0 Å². The molecule has 19 heavy (non-hydrogen) atoms. The van der Waals surface area contributed by atoms with E-state index in [-0.39, 0.29) is 11.7 Å². The van der Waals surface area contributed by atoms with Crippen LogP contribution >= 0.6 is 0 Å². The number of ketones is 1. The van der Waals surface area contributed by atoms with E-state index in [1.165, 1.54) is 0 Å². The summed E-state index contributed by atoms with van der Waals surface area (Å²) in [5, 5.41) is 0. The average molecular weight is 253 g/mol. The van der Waals surface area contributed by atoms with E-state index in [0.29, 0.717) is 0 Å². The van der Waals surface area contributed by atoms with Crippen LogP contribution in [0.3, 0.4) is 0 Å². The Morgan fingerprint density at radius 3 is 2.32 bits per heavy atom. The maximum atomic E-state index is 12.4. The molecular formula is C17H19NO. The molecule has 0 radical (unpaired) electrons. The molecule has 2 rings (SSSR count). The Labute approximate surface area is 114 Å². The number of carbonyl (C=O) groups excluding carboxylic acids is 1. The van der Waals surface area contributed by atoms with Gasteiger partial charge in [-0.15, -0.1) is 0 Å². The first-order valence-corrected chi connectivity index (χ1v) is 6.46. The summed E-state index contributed by atoms with van der Waals surface area (Å²) in [4.78, 5) is 14.5. The van der Waals surface area contributed by atoms with Crippen LogP contribution in [0.2, 0.25) is 0 Å². The zero-order valence-electron chi connectivity index (χ0n) is 11.6. The van der Waals surface area contributed by atoms with Crippen LogP contribution in [0.5, 0.6) is 0 Å². The highest BCUT2D eigenvalue weighted by atomic mass is 16.1. The first kappa shape index (κ1) is 13.3. The molecule has 0 N–H and O–H groups in total. The monoisotopic (exact) mass is 253 g/mol. The number of hydrogen-bond donors (Lipinski definition) is 0. The molecule has 2 aromatic rings. The van der Waals surface area contributed by atoms with Crippen LogP contribution in [-0.4, -0.2) is 19.9 Å². The molecule has 0 saturated heterocycles. The van der Waals surface area contributed by atoms with Crippen LogP contribution in [-0.2, 0) is 0 Å². The van der Waals surface area contributed by atoms with Crippen LogP contribution in [0.25, 0.3) is 0 Å². The Kier molecular flexibility index (Phi) is 4.00. The van der Waals surface area contributed by atoms with Gasteiger partial charge < -0.3 is 4.90 Å². The van der Waals surface area contributed by atoms with Crippen LogP contribution in [0.4, 0.5) is 5.69 Å². The first-order valence-electron chi connectivity index (χ1n) is 6.46. The lowest BCUT2D eigenvalue weighted by molar-refractivity contribution is 0.0966. The fraction of sp³-hybridized carbons (Fsp3) is 0.235. The van der Waals surface area contributed by atoms with Gasteiger partial charge in [0.2, 0.25) is 0 Å². The molecule has 0 aliphatic heterocycles. The Bertz CT molecular complexity index is 560. The number of anilines is 1. The van der Waals surface area contributed by atoms with Crippen molar-refractivity contribution in [3.63, 3.8) is 0 Å². The highest BCUT2D eigenvalue weighted by molar-refractivity contribution is 6.00. The largest absolute Gasteiger partial charge is 0.378 e. The summed E-state index contributed by atoms with van der Waals surface area (Å²) in [7, 11) is 4.01. The normalized spacial score (nSPS) is 11.9. The summed E-state index contributed by atoms with van der Waals surface area (Å²) in [6.45, 7) is 1.96. The predicted molar refractivity (Wildman–Crippen MR) is 80.0 cm³/mol. The summed E-state index contributed by atoms with van der Waals surface area (Å²) in [6.07, 6.45) is 0. The van der Waals surface area contributed by atoms with Crippen LogP contribution in [0, 0.1) is 0 Å². The standard InChI is InChI=1S/C17H19NO/c1-13(17(19)14-8-5-4-6-9-14)15-10-7-11-16(12-15)18(2)3/h4-13H,1-3H3. The lowest BCUT2D eigenvalue weighted by atomic mass is 9.92. The minimum atomic E-state index is -0.123. The average Bonchev–Trinajstić information content (AvgIpc) is 2.46. The van der Waals surface area contributed by atoms with Gasteiger partial charge in [0.05, 0.1) is 0 Å². The number of hydrogen-bond acceptors (Lipinski definition) is 2. The van der Waals surface area contributed by atoms with Crippen molar-refractivity contribution < 1.29 is 4.79 Å². The summed E-state index contributed by atoms with van der Waals surface area (Å²) in [5.41, 5.74) is 2.94. The van der Waals surface area contributed by atoms with Crippen LogP contribution in [0.1, 0.15) is 28.8 Å². The van der Waals surface area contributed by atoms with Gasteiger partial charge in [-0.1, -0.05) is 49.4 Å². The third-order valence-electron chi connectivity index (χ3n) is 3.34. The minimum Gasteiger partial charge on any atom is -0.378 e. The summed E-state index contributed by atoms with van der Waals surface area (Å²) < 4.78 is 0. The van der Waals surface area contributed by atoms with Gasteiger partial charge in [-0.3, -0.25) is 4.79 Å². The Morgan fingerprint density at radius 1 is 1.00 bits per heavy atom. The minimum absolute atomic E-state index is 0.123. The van der Waals surface area contributed by atoms with Crippen LogP contribution < -0.4 is 4.90 Å². The van der Waals surface area contributed by atoms with E-state index >= 15 is 0 Å². The van der Waals surface area contributed by atoms with Crippen molar-refractivity contribution in [3.8, 4) is 0 Å². The molecule has 0 heterocycles. The molecule has 2 nitrogen and oxygen atoms in total. The van der Waals surface area contributed by atoms with Gasteiger partial charge in [-0.25, -0.2) is 0 Å². The van der Waals surface area contributed by atoms with Gasteiger partial charge in [0.15, 0.2) is 5.78 Å². The van der Waals surface area contributed by atoms with E-state index in [1.807, 2.05) is 74.4 Å². The molecule has 98 valence electrons. The topological polar surface area (TPSA) is 20.3 Å². The van der Waals surface area contributed by atoms with Gasteiger partial charge in [-0.2, -0.15) is 0 Å². The summed E-state index contributed by atoms with van der Waals surface area (Å²) in [6, 6.07) is 17.6. The molecule has 1 atom stereocenters. The number of rotatable bonds is 4. The molecule has 0 aliphatic rings. The predicted octanol–water partition coefficient (Wildman–Crippen LogP) is 3.74. The molecule has 0 amide bonds. The molecule has 0 bridgehead atoms. The summed E-state index contributed by atoms with van der Waals surface area (Å²) in [5.74, 6) is 0.0406. The molecule has 0 aromatic heterocycles. The lowest BCUT2D eigenvalue weighted by Crippen LogP contribution is -2.12.